The Kier molecular flexibility index (Phi) is 5.89. The van der Waals surface area contributed by atoms with E-state index in [0.717, 1.165) is 5.70 Å². The van der Waals surface area contributed by atoms with E-state index in [0.29, 0.717) is 18.8 Å². The number of nitrogens with two attached hydrogens (primary N) is 1. The Morgan fingerprint density at radius 1 is 1.17 bits per heavy atom. The first kappa shape index (κ1) is 21.2. The summed E-state index contributed by atoms with van der Waals surface area (Å²) >= 11 is 0. The molecule has 0 saturated carbocycles. The van der Waals surface area contributed by atoms with Crippen LogP contribution in [-0.2, 0) is 9.53 Å². The van der Waals surface area contributed by atoms with Gasteiger partial charge in [0.2, 0.25) is 5.91 Å². The minimum absolute atomic E-state index is 0.0170. The van der Waals surface area contributed by atoms with E-state index in [1.807, 2.05) is 71.0 Å². The largest absolute Gasteiger partial charge is 0.486 e. The Labute approximate surface area is 172 Å². The van der Waals surface area contributed by atoms with Gasteiger partial charge in [-0.15, -0.1) is 0 Å². The summed E-state index contributed by atoms with van der Waals surface area (Å²) in [5.41, 5.74) is 6.27. The fourth-order valence-corrected chi connectivity index (χ4v) is 3.61. The lowest BCUT2D eigenvalue weighted by atomic mass is 10.0. The maximum absolute atomic E-state index is 13.0. The number of fused-ring (bicyclic) bond motifs is 1. The summed E-state index contributed by atoms with van der Waals surface area (Å²) in [5.74, 6) is 0.572. The van der Waals surface area contributed by atoms with Gasteiger partial charge < -0.3 is 20.1 Å². The van der Waals surface area contributed by atoms with Crippen molar-refractivity contribution in [3.8, 4) is 5.75 Å². The van der Waals surface area contributed by atoms with Crippen molar-refractivity contribution in [3.63, 3.8) is 0 Å². The SMILES string of the molecule is CC(C)C(N)C(=O)N1CC=C2C1C(Oc1ccccc1)CN2C(=O)OC(C)(C)C. The molecule has 1 fully saturated rings. The van der Waals surface area contributed by atoms with Gasteiger partial charge in [-0.2, -0.15) is 0 Å². The number of rotatable bonds is 4. The number of amides is 2. The minimum Gasteiger partial charge on any atom is -0.486 e. The van der Waals surface area contributed by atoms with E-state index in [2.05, 4.69) is 0 Å². The Morgan fingerprint density at radius 2 is 1.83 bits per heavy atom. The zero-order valence-electron chi connectivity index (χ0n) is 17.8. The number of likely N-dealkylation sites (tertiary alicyclic amines) is 1. The summed E-state index contributed by atoms with van der Waals surface area (Å²) < 4.78 is 11.8. The average molecular weight is 402 g/mol. The van der Waals surface area contributed by atoms with Crippen LogP contribution in [0.25, 0.3) is 0 Å². The Balaban J connectivity index is 1.87. The molecule has 7 heteroatoms. The lowest BCUT2D eigenvalue weighted by molar-refractivity contribution is -0.135. The van der Waals surface area contributed by atoms with Crippen molar-refractivity contribution in [2.75, 3.05) is 13.1 Å². The van der Waals surface area contributed by atoms with Crippen molar-refractivity contribution in [2.24, 2.45) is 11.7 Å². The van der Waals surface area contributed by atoms with Crippen LogP contribution in [0, 0.1) is 5.92 Å². The van der Waals surface area contributed by atoms with Crippen LogP contribution in [0.5, 0.6) is 5.75 Å². The van der Waals surface area contributed by atoms with E-state index in [1.165, 1.54) is 0 Å². The first-order chi connectivity index (χ1) is 13.6. The topological polar surface area (TPSA) is 85.1 Å². The Bertz CT molecular complexity index is 785. The highest BCUT2D eigenvalue weighted by atomic mass is 16.6. The number of nitrogens with zero attached hydrogens (tertiary/aromatic N) is 2. The van der Waals surface area contributed by atoms with E-state index in [4.69, 9.17) is 15.2 Å². The van der Waals surface area contributed by atoms with Crippen molar-refractivity contribution in [3.05, 3.63) is 42.1 Å². The molecule has 3 rings (SSSR count). The summed E-state index contributed by atoms with van der Waals surface area (Å²) in [6.07, 6.45) is 1.06. The monoisotopic (exact) mass is 401 g/mol. The molecule has 0 aromatic heterocycles. The van der Waals surface area contributed by atoms with E-state index < -0.39 is 23.8 Å². The van der Waals surface area contributed by atoms with Crippen molar-refractivity contribution in [2.45, 2.75) is 58.4 Å². The first-order valence-electron chi connectivity index (χ1n) is 10.1. The molecule has 2 aliphatic heterocycles. The maximum Gasteiger partial charge on any atom is 0.414 e. The van der Waals surface area contributed by atoms with E-state index in [1.54, 1.807) is 9.80 Å². The molecule has 2 N–H and O–H groups in total. The van der Waals surface area contributed by atoms with Crippen LogP contribution < -0.4 is 10.5 Å². The van der Waals surface area contributed by atoms with Gasteiger partial charge in [0, 0.05) is 12.2 Å². The second-order valence-corrected chi connectivity index (χ2v) is 8.89. The van der Waals surface area contributed by atoms with Gasteiger partial charge in [-0.25, -0.2) is 4.79 Å². The molecular weight excluding hydrogens is 370 g/mol. The van der Waals surface area contributed by atoms with Crippen LogP contribution in [-0.4, -0.2) is 58.7 Å². The molecule has 2 aliphatic rings. The van der Waals surface area contributed by atoms with Crippen molar-refractivity contribution >= 4 is 12.0 Å². The number of benzene rings is 1. The second-order valence-electron chi connectivity index (χ2n) is 8.89. The van der Waals surface area contributed by atoms with Gasteiger partial charge >= 0.3 is 6.09 Å². The number of para-hydroxylation sites is 1. The van der Waals surface area contributed by atoms with Crippen molar-refractivity contribution < 1.29 is 19.1 Å². The summed E-state index contributed by atoms with van der Waals surface area (Å²) in [4.78, 5) is 29.1. The molecule has 3 atom stereocenters. The normalized spacial score (nSPS) is 22.4. The van der Waals surface area contributed by atoms with E-state index in [-0.39, 0.29) is 17.9 Å². The number of carbonyl (C=O) groups is 2. The van der Waals surface area contributed by atoms with Crippen LogP contribution in [0.15, 0.2) is 42.1 Å². The molecule has 1 saturated heterocycles. The van der Waals surface area contributed by atoms with Crippen molar-refractivity contribution in [1.29, 1.82) is 0 Å². The maximum atomic E-state index is 13.0. The number of hydrogen-bond donors (Lipinski definition) is 1. The Morgan fingerprint density at radius 3 is 2.41 bits per heavy atom. The molecular formula is C22H31N3O4. The van der Waals surface area contributed by atoms with E-state index in [9.17, 15) is 9.59 Å². The molecule has 3 unspecified atom stereocenters. The molecule has 0 spiro atoms. The summed E-state index contributed by atoms with van der Waals surface area (Å²) in [5, 5.41) is 0. The van der Waals surface area contributed by atoms with Gasteiger partial charge in [-0.3, -0.25) is 9.69 Å². The van der Waals surface area contributed by atoms with Crippen LogP contribution in [0.4, 0.5) is 4.79 Å². The number of carbonyl (C=O) groups excluding carboxylic acids is 2. The van der Waals surface area contributed by atoms with Gasteiger partial charge in [0.15, 0.2) is 0 Å². The standard InChI is InChI=1S/C22H31N3O4/c1-14(2)18(23)20(26)24-12-11-16-19(24)17(28-15-9-7-6-8-10-15)13-25(16)21(27)29-22(3,4)5/h6-11,14,17-19H,12-13,23H2,1-5H3. The lowest BCUT2D eigenvalue weighted by Gasteiger charge is -2.31. The Hall–Kier alpha value is -2.54. The van der Waals surface area contributed by atoms with Crippen LogP contribution in [0.2, 0.25) is 0 Å². The molecule has 0 bridgehead atoms. The highest BCUT2D eigenvalue weighted by Crippen LogP contribution is 2.35. The quantitative estimate of drug-likeness (QED) is 0.839. The zero-order valence-corrected chi connectivity index (χ0v) is 17.8. The molecule has 0 radical (unpaired) electrons. The second kappa shape index (κ2) is 8.06. The lowest BCUT2D eigenvalue weighted by Crippen LogP contribution is -2.52. The van der Waals surface area contributed by atoms with Crippen LogP contribution in [0.3, 0.4) is 0 Å². The highest BCUT2D eigenvalue weighted by Gasteiger charge is 2.50. The predicted molar refractivity (Wildman–Crippen MR) is 110 cm³/mol. The first-order valence-corrected chi connectivity index (χ1v) is 10.1. The number of hydrogen-bond acceptors (Lipinski definition) is 5. The third kappa shape index (κ3) is 4.56. The molecule has 1 aromatic carbocycles. The molecule has 0 aliphatic carbocycles. The number of ether oxygens (including phenoxy) is 2. The van der Waals surface area contributed by atoms with E-state index >= 15 is 0 Å². The average Bonchev–Trinajstić information content (AvgIpc) is 3.21. The van der Waals surface area contributed by atoms with Crippen molar-refractivity contribution in [1.82, 2.24) is 9.80 Å². The smallest absolute Gasteiger partial charge is 0.414 e. The predicted octanol–water partition coefficient (Wildman–Crippen LogP) is 2.76. The highest BCUT2D eigenvalue weighted by molar-refractivity contribution is 5.84. The zero-order chi connectivity index (χ0) is 21.3. The fraction of sp³-hybridized carbons (Fsp3) is 0.545. The van der Waals surface area contributed by atoms with Gasteiger partial charge in [0.25, 0.3) is 0 Å². The molecule has 2 heterocycles. The summed E-state index contributed by atoms with van der Waals surface area (Å²) in [6.45, 7) is 10.0. The summed E-state index contributed by atoms with van der Waals surface area (Å²) in [7, 11) is 0. The minimum atomic E-state index is -0.611. The fourth-order valence-electron chi connectivity index (χ4n) is 3.61. The van der Waals surface area contributed by atoms with Gasteiger partial charge in [0.1, 0.15) is 23.5 Å². The third-order valence-electron chi connectivity index (χ3n) is 5.09. The molecule has 1 aromatic rings. The van der Waals surface area contributed by atoms with Gasteiger partial charge in [-0.05, 0) is 44.9 Å². The molecule has 2 amide bonds. The molecule has 29 heavy (non-hydrogen) atoms. The van der Waals surface area contributed by atoms with Crippen LogP contribution >= 0.6 is 0 Å². The molecule has 158 valence electrons. The summed E-state index contributed by atoms with van der Waals surface area (Å²) in [6, 6.07) is 8.43. The van der Waals surface area contributed by atoms with Gasteiger partial charge in [0.05, 0.1) is 12.6 Å². The van der Waals surface area contributed by atoms with Gasteiger partial charge in [-0.1, -0.05) is 32.0 Å². The molecule has 7 nitrogen and oxygen atoms in total. The third-order valence-corrected chi connectivity index (χ3v) is 5.09. The van der Waals surface area contributed by atoms with Crippen LogP contribution in [0.1, 0.15) is 34.6 Å².